The first-order valence-electron chi connectivity index (χ1n) is 9.76. The number of carbonyl (C=O) groups is 2. The van der Waals surface area contributed by atoms with Crippen LogP contribution >= 0.6 is 0 Å². The number of hydrogen-bond donors (Lipinski definition) is 1. The van der Waals surface area contributed by atoms with Crippen LogP contribution in [0.5, 0.6) is 0 Å². The van der Waals surface area contributed by atoms with Crippen LogP contribution in [0.1, 0.15) is 55.1 Å². The zero-order valence-corrected chi connectivity index (χ0v) is 16.4. The number of carboxylic acid groups (broad SMARTS) is 1. The molecule has 1 N–H and O–H groups in total. The van der Waals surface area contributed by atoms with Crippen LogP contribution in [-0.2, 0) is 9.53 Å². The highest BCUT2D eigenvalue weighted by atomic mass is 16.5. The summed E-state index contributed by atoms with van der Waals surface area (Å²) in [5.74, 6) is 0.0868. The van der Waals surface area contributed by atoms with Crippen molar-refractivity contribution >= 4 is 11.9 Å². The smallest absolute Gasteiger partial charge is 0.305 e. The molecule has 3 rings (SSSR count). The molecule has 1 saturated heterocycles. The molecule has 1 aromatic heterocycles. The summed E-state index contributed by atoms with van der Waals surface area (Å²) < 4.78 is 11.3. The lowest BCUT2D eigenvalue weighted by Gasteiger charge is -2.33. The van der Waals surface area contributed by atoms with Gasteiger partial charge in [-0.15, -0.1) is 0 Å². The normalized spacial score (nSPS) is 15.0. The minimum absolute atomic E-state index is 0.0292. The molecule has 1 aromatic carbocycles. The molecule has 0 unspecified atom stereocenters. The highest BCUT2D eigenvalue weighted by molar-refractivity contribution is 5.92. The fourth-order valence-corrected chi connectivity index (χ4v) is 3.46. The first-order valence-corrected chi connectivity index (χ1v) is 9.76. The topological polar surface area (TPSA) is 80.0 Å². The van der Waals surface area contributed by atoms with Gasteiger partial charge in [0.15, 0.2) is 5.76 Å². The number of amides is 1. The Hall–Kier alpha value is -2.60. The fourth-order valence-electron chi connectivity index (χ4n) is 3.46. The van der Waals surface area contributed by atoms with E-state index in [1.165, 1.54) is 5.56 Å². The SMILES string of the molecule is CC(C)c1cccc(-c2ccc(C(=O)N(CCC(=O)O)C3CCOCC3)o2)c1. The minimum Gasteiger partial charge on any atom is -0.481 e. The Morgan fingerprint density at radius 3 is 2.61 bits per heavy atom. The number of hydrogen-bond acceptors (Lipinski definition) is 4. The molecule has 0 radical (unpaired) electrons. The number of aliphatic carboxylic acids is 1. The maximum absolute atomic E-state index is 13.1. The minimum atomic E-state index is -0.921. The number of ether oxygens (including phenoxy) is 1. The van der Waals surface area contributed by atoms with Gasteiger partial charge < -0.3 is 19.2 Å². The molecule has 0 spiro atoms. The molecule has 0 aliphatic carbocycles. The van der Waals surface area contributed by atoms with E-state index >= 15 is 0 Å². The molecule has 28 heavy (non-hydrogen) atoms. The van der Waals surface area contributed by atoms with E-state index in [1.54, 1.807) is 17.0 Å². The first-order chi connectivity index (χ1) is 13.5. The summed E-state index contributed by atoms with van der Waals surface area (Å²) in [4.78, 5) is 25.7. The number of furan rings is 1. The highest BCUT2D eigenvalue weighted by Gasteiger charge is 2.29. The fraction of sp³-hybridized carbons (Fsp3) is 0.455. The Labute approximate surface area is 165 Å². The Bertz CT molecular complexity index is 820. The Balaban J connectivity index is 1.81. The Morgan fingerprint density at radius 2 is 1.93 bits per heavy atom. The standard InChI is InChI=1S/C22H27NO5/c1-15(2)16-4-3-5-17(14-16)19-6-7-20(28-19)22(26)23(11-8-21(24)25)18-9-12-27-13-10-18/h3-7,14-15,18H,8-13H2,1-2H3,(H,24,25). The van der Waals surface area contributed by atoms with Crippen molar-refractivity contribution in [2.75, 3.05) is 19.8 Å². The molecule has 6 heteroatoms. The van der Waals surface area contributed by atoms with E-state index in [9.17, 15) is 9.59 Å². The van der Waals surface area contributed by atoms with Crippen LogP contribution in [0.4, 0.5) is 0 Å². The monoisotopic (exact) mass is 385 g/mol. The van der Waals surface area contributed by atoms with Crippen LogP contribution in [0.25, 0.3) is 11.3 Å². The summed E-state index contributed by atoms with van der Waals surface area (Å²) in [5.41, 5.74) is 2.13. The molecular weight excluding hydrogens is 358 g/mol. The number of rotatable bonds is 7. The van der Waals surface area contributed by atoms with Crippen molar-refractivity contribution in [1.82, 2.24) is 4.90 Å². The predicted molar refractivity (Wildman–Crippen MR) is 105 cm³/mol. The van der Waals surface area contributed by atoms with E-state index in [-0.39, 0.29) is 30.7 Å². The molecule has 1 amide bonds. The van der Waals surface area contributed by atoms with Gasteiger partial charge in [-0.2, -0.15) is 0 Å². The van der Waals surface area contributed by atoms with Gasteiger partial charge >= 0.3 is 5.97 Å². The second-order valence-corrected chi connectivity index (χ2v) is 7.43. The largest absolute Gasteiger partial charge is 0.481 e. The quantitative estimate of drug-likeness (QED) is 0.774. The summed E-state index contributed by atoms with van der Waals surface area (Å²) in [6.07, 6.45) is 1.32. The molecule has 1 aliphatic rings. The molecule has 6 nitrogen and oxygen atoms in total. The summed E-state index contributed by atoms with van der Waals surface area (Å²) in [6, 6.07) is 11.5. The van der Waals surface area contributed by atoms with Crippen molar-refractivity contribution in [3.63, 3.8) is 0 Å². The van der Waals surface area contributed by atoms with Crippen LogP contribution in [0.2, 0.25) is 0 Å². The number of carbonyl (C=O) groups excluding carboxylic acids is 1. The zero-order chi connectivity index (χ0) is 20.1. The van der Waals surface area contributed by atoms with Crippen LogP contribution < -0.4 is 0 Å². The lowest BCUT2D eigenvalue weighted by atomic mass is 10.0. The van der Waals surface area contributed by atoms with Gasteiger partial charge in [-0.25, -0.2) is 0 Å². The van der Waals surface area contributed by atoms with E-state index in [0.29, 0.717) is 37.7 Å². The van der Waals surface area contributed by atoms with Gasteiger partial charge in [-0.1, -0.05) is 32.0 Å². The molecule has 150 valence electrons. The lowest BCUT2D eigenvalue weighted by Crippen LogP contribution is -2.44. The average Bonchev–Trinajstić information content (AvgIpc) is 3.19. The van der Waals surface area contributed by atoms with Gasteiger partial charge in [-0.3, -0.25) is 9.59 Å². The van der Waals surface area contributed by atoms with E-state index < -0.39 is 5.97 Å². The maximum Gasteiger partial charge on any atom is 0.305 e. The van der Waals surface area contributed by atoms with E-state index in [0.717, 1.165) is 5.56 Å². The molecule has 0 saturated carbocycles. The maximum atomic E-state index is 13.1. The van der Waals surface area contributed by atoms with Crippen molar-refractivity contribution in [2.45, 2.75) is 45.1 Å². The summed E-state index contributed by atoms with van der Waals surface area (Å²) in [7, 11) is 0. The van der Waals surface area contributed by atoms with Crippen LogP contribution in [0, 0.1) is 0 Å². The van der Waals surface area contributed by atoms with E-state index in [2.05, 4.69) is 26.0 Å². The number of benzene rings is 1. The van der Waals surface area contributed by atoms with Gasteiger partial charge in [0.05, 0.1) is 6.42 Å². The van der Waals surface area contributed by atoms with Crippen molar-refractivity contribution < 1.29 is 23.8 Å². The van der Waals surface area contributed by atoms with Crippen molar-refractivity contribution in [3.05, 3.63) is 47.7 Å². The molecule has 0 bridgehead atoms. The van der Waals surface area contributed by atoms with Crippen molar-refractivity contribution in [2.24, 2.45) is 0 Å². The second-order valence-electron chi connectivity index (χ2n) is 7.43. The average molecular weight is 385 g/mol. The number of nitrogens with zero attached hydrogens (tertiary/aromatic N) is 1. The van der Waals surface area contributed by atoms with E-state index in [1.807, 2.05) is 12.1 Å². The zero-order valence-electron chi connectivity index (χ0n) is 16.4. The third-order valence-electron chi connectivity index (χ3n) is 5.11. The molecule has 1 aliphatic heterocycles. The van der Waals surface area contributed by atoms with Gasteiger partial charge in [0.25, 0.3) is 5.91 Å². The van der Waals surface area contributed by atoms with Crippen LogP contribution in [0.15, 0.2) is 40.8 Å². The Morgan fingerprint density at radius 1 is 1.18 bits per heavy atom. The third kappa shape index (κ3) is 4.81. The van der Waals surface area contributed by atoms with Crippen LogP contribution in [0.3, 0.4) is 0 Å². The van der Waals surface area contributed by atoms with Gasteiger partial charge in [0, 0.05) is 31.4 Å². The van der Waals surface area contributed by atoms with Crippen molar-refractivity contribution in [1.29, 1.82) is 0 Å². The van der Waals surface area contributed by atoms with E-state index in [4.69, 9.17) is 14.3 Å². The molecule has 2 heterocycles. The Kier molecular flexibility index (Phi) is 6.52. The van der Waals surface area contributed by atoms with Gasteiger partial charge in [0.2, 0.25) is 0 Å². The van der Waals surface area contributed by atoms with Crippen molar-refractivity contribution in [3.8, 4) is 11.3 Å². The second kappa shape index (κ2) is 9.06. The first kappa shape index (κ1) is 20.1. The highest BCUT2D eigenvalue weighted by Crippen LogP contribution is 2.27. The van der Waals surface area contributed by atoms with Crippen LogP contribution in [-0.4, -0.2) is 47.7 Å². The summed E-state index contributed by atoms with van der Waals surface area (Å²) in [5, 5.41) is 9.05. The molecular formula is C22H27NO5. The third-order valence-corrected chi connectivity index (χ3v) is 5.11. The van der Waals surface area contributed by atoms with Gasteiger partial charge in [-0.05, 0) is 42.5 Å². The molecule has 2 aromatic rings. The molecule has 0 atom stereocenters. The number of carboxylic acids is 1. The summed E-state index contributed by atoms with van der Waals surface area (Å²) in [6.45, 7) is 5.58. The molecule has 1 fully saturated rings. The lowest BCUT2D eigenvalue weighted by molar-refractivity contribution is -0.137. The van der Waals surface area contributed by atoms with Gasteiger partial charge in [0.1, 0.15) is 5.76 Å². The predicted octanol–water partition coefficient (Wildman–Crippen LogP) is 4.17. The summed E-state index contributed by atoms with van der Waals surface area (Å²) >= 11 is 0.